The van der Waals surface area contributed by atoms with Gasteiger partial charge in [-0.1, -0.05) is 6.07 Å². The molecule has 0 saturated carbocycles. The number of rotatable bonds is 8. The quantitative estimate of drug-likeness (QED) is 0.410. The number of hydrogen-bond donors (Lipinski definition) is 1. The van der Waals surface area contributed by atoms with E-state index in [1.165, 1.54) is 0 Å². The minimum atomic E-state index is -0.557. The molecule has 12 nitrogen and oxygen atoms in total. The van der Waals surface area contributed by atoms with E-state index in [9.17, 15) is 14.4 Å². The highest BCUT2D eigenvalue weighted by Crippen LogP contribution is 2.31. The Morgan fingerprint density at radius 1 is 1.05 bits per heavy atom. The second-order valence-corrected chi connectivity index (χ2v) is 12.0. The number of nitrogens with zero attached hydrogens (tertiary/aromatic N) is 6. The fourth-order valence-electron chi connectivity index (χ4n) is 5.02. The molecule has 0 aliphatic carbocycles. The molecule has 0 bridgehead atoms. The Hall–Kier alpha value is -4.71. The molecular formula is C32H39N7O5. The summed E-state index contributed by atoms with van der Waals surface area (Å²) in [5, 5.41) is 2.94. The van der Waals surface area contributed by atoms with Crippen LogP contribution in [0.15, 0.2) is 54.9 Å². The van der Waals surface area contributed by atoms with E-state index in [0.717, 1.165) is 17.8 Å². The van der Waals surface area contributed by atoms with Gasteiger partial charge >= 0.3 is 6.09 Å². The lowest BCUT2D eigenvalue weighted by molar-refractivity contribution is 0.0240. The van der Waals surface area contributed by atoms with Crippen molar-refractivity contribution in [1.29, 1.82) is 0 Å². The maximum atomic E-state index is 13.4. The molecule has 3 aromatic rings. The van der Waals surface area contributed by atoms with E-state index in [1.807, 2.05) is 51.9 Å². The Balaban J connectivity index is 1.24. The molecule has 0 unspecified atom stereocenters. The minimum absolute atomic E-state index is 0.170. The third kappa shape index (κ3) is 7.25. The normalized spacial score (nSPS) is 15.0. The SMILES string of the molecule is CN(C)CCOc1ccc2c(c1)CN(c1cccc(C(=O)Nc3cnccc3N3CCN(C(=O)OC(C)(C)C)CC3)n1)C2=O. The molecule has 232 valence electrons. The topological polar surface area (TPSA) is 120 Å². The van der Waals surface area contributed by atoms with E-state index in [2.05, 4.69) is 20.2 Å². The number of nitrogens with one attached hydrogen (secondary N) is 1. The van der Waals surface area contributed by atoms with Gasteiger partial charge in [0.1, 0.15) is 29.5 Å². The van der Waals surface area contributed by atoms with Crippen LogP contribution in [-0.4, -0.2) is 96.7 Å². The summed E-state index contributed by atoms with van der Waals surface area (Å²) in [4.78, 5) is 55.2. The molecule has 0 radical (unpaired) electrons. The van der Waals surface area contributed by atoms with Gasteiger partial charge in [0.15, 0.2) is 0 Å². The van der Waals surface area contributed by atoms with E-state index < -0.39 is 11.5 Å². The van der Waals surface area contributed by atoms with Crippen molar-refractivity contribution >= 4 is 35.1 Å². The van der Waals surface area contributed by atoms with Crippen LogP contribution in [0, 0.1) is 0 Å². The number of amides is 3. The number of hydrogen-bond acceptors (Lipinski definition) is 9. The first-order chi connectivity index (χ1) is 21.0. The zero-order valence-electron chi connectivity index (χ0n) is 25.9. The summed E-state index contributed by atoms with van der Waals surface area (Å²) in [6, 6.07) is 12.3. The number of piperazine rings is 1. The summed E-state index contributed by atoms with van der Waals surface area (Å²) in [6.07, 6.45) is 2.93. The highest BCUT2D eigenvalue weighted by atomic mass is 16.6. The van der Waals surface area contributed by atoms with Crippen molar-refractivity contribution in [3.63, 3.8) is 0 Å². The van der Waals surface area contributed by atoms with Crippen LogP contribution in [0.2, 0.25) is 0 Å². The van der Waals surface area contributed by atoms with Gasteiger partial charge in [0.2, 0.25) is 0 Å². The number of carbonyl (C=O) groups excluding carboxylic acids is 3. The van der Waals surface area contributed by atoms with Gasteiger partial charge < -0.3 is 29.5 Å². The van der Waals surface area contributed by atoms with Gasteiger partial charge in [-0.05, 0) is 76.8 Å². The zero-order valence-corrected chi connectivity index (χ0v) is 25.9. The van der Waals surface area contributed by atoms with Crippen LogP contribution in [0.25, 0.3) is 0 Å². The molecule has 44 heavy (non-hydrogen) atoms. The Morgan fingerprint density at radius 3 is 2.55 bits per heavy atom. The van der Waals surface area contributed by atoms with Crippen LogP contribution in [0.5, 0.6) is 5.75 Å². The Bertz CT molecular complexity index is 1530. The fourth-order valence-corrected chi connectivity index (χ4v) is 5.02. The lowest BCUT2D eigenvalue weighted by Crippen LogP contribution is -2.50. The molecular weight excluding hydrogens is 562 g/mol. The van der Waals surface area contributed by atoms with Gasteiger partial charge in [0.25, 0.3) is 11.8 Å². The number of fused-ring (bicyclic) bond motifs is 1. The second-order valence-electron chi connectivity index (χ2n) is 12.0. The first-order valence-electron chi connectivity index (χ1n) is 14.7. The van der Waals surface area contributed by atoms with E-state index in [4.69, 9.17) is 9.47 Å². The molecule has 1 aromatic carbocycles. The van der Waals surface area contributed by atoms with E-state index in [1.54, 1.807) is 52.5 Å². The fraction of sp³-hybridized carbons (Fsp3) is 0.406. The number of likely N-dealkylation sites (N-methyl/N-ethyl adjacent to an activating group) is 1. The molecule has 4 heterocycles. The molecule has 2 aliphatic rings. The lowest BCUT2D eigenvalue weighted by atomic mass is 10.1. The zero-order chi connectivity index (χ0) is 31.4. The van der Waals surface area contributed by atoms with Crippen LogP contribution < -0.4 is 19.9 Å². The van der Waals surface area contributed by atoms with Crippen LogP contribution in [0.4, 0.5) is 22.0 Å². The molecule has 1 N–H and O–H groups in total. The van der Waals surface area contributed by atoms with E-state index >= 15 is 0 Å². The monoisotopic (exact) mass is 601 g/mol. The van der Waals surface area contributed by atoms with Crippen LogP contribution in [0.1, 0.15) is 47.2 Å². The van der Waals surface area contributed by atoms with Gasteiger partial charge in [-0.2, -0.15) is 0 Å². The van der Waals surface area contributed by atoms with Crippen molar-refractivity contribution in [3.8, 4) is 5.75 Å². The molecule has 1 saturated heterocycles. The second kappa shape index (κ2) is 12.9. The Morgan fingerprint density at radius 2 is 1.82 bits per heavy atom. The van der Waals surface area contributed by atoms with Crippen molar-refractivity contribution < 1.29 is 23.9 Å². The molecule has 0 atom stereocenters. The summed E-state index contributed by atoms with van der Waals surface area (Å²) in [5.41, 5.74) is 2.37. The van der Waals surface area contributed by atoms with Crippen molar-refractivity contribution in [1.82, 2.24) is 19.8 Å². The van der Waals surface area contributed by atoms with E-state index in [-0.39, 0.29) is 17.7 Å². The van der Waals surface area contributed by atoms with Gasteiger partial charge in [-0.25, -0.2) is 9.78 Å². The number of anilines is 3. The van der Waals surface area contributed by atoms with Gasteiger partial charge in [0.05, 0.1) is 24.1 Å². The summed E-state index contributed by atoms with van der Waals surface area (Å²) >= 11 is 0. The predicted octanol–water partition coefficient (Wildman–Crippen LogP) is 3.89. The standard InChI is InChI=1S/C32H39N7O5/c1-32(2,3)44-31(42)38-15-13-37(14-16-38)27-11-12-33-20-26(27)35-29(40)25-7-6-8-28(34-25)39-21-22-19-23(43-18-17-36(4)5)9-10-24(22)30(39)41/h6-12,19-20H,13-18,21H2,1-5H3,(H,35,40). The highest BCUT2D eigenvalue weighted by Gasteiger charge is 2.31. The summed E-state index contributed by atoms with van der Waals surface area (Å²) in [7, 11) is 3.97. The third-order valence-electron chi connectivity index (χ3n) is 7.25. The van der Waals surface area contributed by atoms with Crippen LogP contribution >= 0.6 is 0 Å². The van der Waals surface area contributed by atoms with Gasteiger partial charge in [0, 0.05) is 44.5 Å². The first-order valence-corrected chi connectivity index (χ1v) is 14.7. The molecule has 5 rings (SSSR count). The smallest absolute Gasteiger partial charge is 0.410 e. The Labute approximate surface area is 257 Å². The van der Waals surface area contributed by atoms with Crippen LogP contribution in [-0.2, 0) is 11.3 Å². The lowest BCUT2D eigenvalue weighted by Gasteiger charge is -2.37. The third-order valence-corrected chi connectivity index (χ3v) is 7.25. The Kier molecular flexibility index (Phi) is 9.00. The molecule has 2 aliphatic heterocycles. The molecule has 2 aromatic heterocycles. The predicted molar refractivity (Wildman–Crippen MR) is 167 cm³/mol. The molecule has 1 fully saturated rings. The number of ether oxygens (including phenoxy) is 2. The average molecular weight is 602 g/mol. The summed E-state index contributed by atoms with van der Waals surface area (Å²) in [6.45, 7) is 9.32. The van der Waals surface area contributed by atoms with Crippen molar-refractivity contribution in [2.45, 2.75) is 32.9 Å². The van der Waals surface area contributed by atoms with Crippen LogP contribution in [0.3, 0.4) is 0 Å². The number of aromatic nitrogens is 2. The molecule has 12 heteroatoms. The maximum Gasteiger partial charge on any atom is 0.410 e. The first kappa shape index (κ1) is 30.7. The van der Waals surface area contributed by atoms with Gasteiger partial charge in [-0.15, -0.1) is 0 Å². The largest absolute Gasteiger partial charge is 0.492 e. The van der Waals surface area contributed by atoms with Crippen molar-refractivity contribution in [2.24, 2.45) is 0 Å². The average Bonchev–Trinajstić information content (AvgIpc) is 3.32. The number of carbonyl (C=O) groups is 3. The van der Waals surface area contributed by atoms with Crippen molar-refractivity contribution in [2.75, 3.05) is 68.5 Å². The highest BCUT2D eigenvalue weighted by molar-refractivity contribution is 6.10. The minimum Gasteiger partial charge on any atom is -0.492 e. The maximum absolute atomic E-state index is 13.4. The number of pyridine rings is 2. The summed E-state index contributed by atoms with van der Waals surface area (Å²) < 4.78 is 11.3. The molecule has 3 amide bonds. The molecule has 0 spiro atoms. The number of benzene rings is 1. The summed E-state index contributed by atoms with van der Waals surface area (Å²) in [5.74, 6) is 0.498. The van der Waals surface area contributed by atoms with Crippen molar-refractivity contribution in [3.05, 3.63) is 71.7 Å². The van der Waals surface area contributed by atoms with Gasteiger partial charge in [-0.3, -0.25) is 19.5 Å². The van der Waals surface area contributed by atoms with E-state index in [0.29, 0.717) is 62.1 Å².